The number of nitro benzene ring substituents is 1. The molecule has 1 aromatic rings. The molecular weight excluding hydrogens is 234 g/mol. The van der Waals surface area contributed by atoms with E-state index in [-0.39, 0.29) is 6.07 Å². The number of nitrogens with zero attached hydrogens (tertiary/aromatic N) is 1. The van der Waals surface area contributed by atoms with Crippen LogP contribution in [0, 0.1) is 15.9 Å². The molecule has 0 spiro atoms. The Balaban J connectivity index is 3.34. The molecule has 1 rings (SSSR count). The summed E-state index contributed by atoms with van der Waals surface area (Å²) >= 11 is 0. The van der Waals surface area contributed by atoms with E-state index in [1.165, 1.54) is 0 Å². The monoisotopic (exact) mass is 237 g/mol. The van der Waals surface area contributed by atoms with Gasteiger partial charge in [0.05, 0.1) is 11.0 Å². The predicted molar refractivity (Wildman–Crippen MR) is 43.4 cm³/mol. The first kappa shape index (κ1) is 12.1. The molecule has 0 unspecified atom stereocenters. The van der Waals surface area contributed by atoms with Crippen LogP contribution in [0.3, 0.4) is 0 Å². The van der Waals surface area contributed by atoms with E-state index >= 15 is 0 Å². The van der Waals surface area contributed by atoms with Crippen LogP contribution in [-0.2, 0) is 0 Å². The number of alkyl halides is 3. The molecule has 0 saturated heterocycles. The van der Waals surface area contributed by atoms with E-state index in [1.807, 2.05) is 0 Å². The van der Waals surface area contributed by atoms with Gasteiger partial charge in [-0.2, -0.15) is 13.2 Å². The molecule has 0 fully saturated rings. The van der Waals surface area contributed by atoms with Crippen molar-refractivity contribution in [3.05, 3.63) is 39.7 Å². The van der Waals surface area contributed by atoms with Gasteiger partial charge in [0.1, 0.15) is 11.4 Å². The third kappa shape index (κ3) is 2.33. The van der Waals surface area contributed by atoms with E-state index in [9.17, 15) is 32.5 Å². The lowest BCUT2D eigenvalue weighted by Crippen LogP contribution is -2.23. The number of nitro groups is 1. The summed E-state index contributed by atoms with van der Waals surface area (Å²) in [4.78, 5) is 19.8. The SMILES string of the molecule is O=C(c1ccc(F)cc1[N+](=O)[O-])C(F)(F)F. The third-order valence-electron chi connectivity index (χ3n) is 1.66. The fourth-order valence-electron chi connectivity index (χ4n) is 1.00. The molecular formula is C8H3F4NO3. The molecule has 86 valence electrons. The molecule has 0 saturated carbocycles. The van der Waals surface area contributed by atoms with E-state index in [1.54, 1.807) is 0 Å². The molecule has 0 aromatic heterocycles. The fraction of sp³-hybridized carbons (Fsp3) is 0.125. The van der Waals surface area contributed by atoms with Gasteiger partial charge in [0, 0.05) is 0 Å². The summed E-state index contributed by atoms with van der Waals surface area (Å²) in [5, 5.41) is 10.3. The molecule has 0 amide bonds. The minimum atomic E-state index is -5.23. The molecule has 4 nitrogen and oxygen atoms in total. The van der Waals surface area contributed by atoms with Gasteiger partial charge < -0.3 is 0 Å². The normalized spacial score (nSPS) is 11.2. The lowest BCUT2D eigenvalue weighted by molar-refractivity contribution is -0.385. The fourth-order valence-corrected chi connectivity index (χ4v) is 1.00. The number of carbonyl (C=O) groups excluding carboxylic acids is 1. The Morgan fingerprint density at radius 2 is 1.88 bits per heavy atom. The van der Waals surface area contributed by atoms with Crippen LogP contribution in [0.4, 0.5) is 23.2 Å². The average Bonchev–Trinajstić information content (AvgIpc) is 2.15. The minimum Gasteiger partial charge on any atom is -0.284 e. The predicted octanol–water partition coefficient (Wildman–Crippen LogP) is 2.48. The van der Waals surface area contributed by atoms with Crippen LogP contribution < -0.4 is 0 Å². The quantitative estimate of drug-likeness (QED) is 0.343. The number of hydrogen-bond donors (Lipinski definition) is 0. The Bertz CT molecular complexity index is 455. The van der Waals surface area contributed by atoms with Gasteiger partial charge in [0.25, 0.3) is 11.5 Å². The highest BCUT2D eigenvalue weighted by Gasteiger charge is 2.42. The summed E-state index contributed by atoms with van der Waals surface area (Å²) in [6.07, 6.45) is -5.23. The van der Waals surface area contributed by atoms with Gasteiger partial charge in [-0.25, -0.2) is 4.39 Å². The molecule has 0 heterocycles. The van der Waals surface area contributed by atoms with Crippen LogP contribution in [0.25, 0.3) is 0 Å². The number of rotatable bonds is 2. The number of ketones is 1. The van der Waals surface area contributed by atoms with E-state index in [4.69, 9.17) is 0 Å². The van der Waals surface area contributed by atoms with E-state index in [0.29, 0.717) is 12.1 Å². The van der Waals surface area contributed by atoms with E-state index in [2.05, 4.69) is 0 Å². The molecule has 0 aliphatic carbocycles. The van der Waals surface area contributed by atoms with Crippen molar-refractivity contribution in [2.45, 2.75) is 6.18 Å². The van der Waals surface area contributed by atoms with Crippen LogP contribution in [0.5, 0.6) is 0 Å². The molecule has 0 aliphatic rings. The Labute approximate surface area is 85.6 Å². The molecule has 0 N–H and O–H groups in total. The number of carbonyl (C=O) groups is 1. The molecule has 8 heteroatoms. The first-order chi connectivity index (χ1) is 7.23. The van der Waals surface area contributed by atoms with Crippen molar-refractivity contribution in [3.8, 4) is 0 Å². The van der Waals surface area contributed by atoms with Gasteiger partial charge >= 0.3 is 6.18 Å². The maximum atomic E-state index is 12.6. The first-order valence-corrected chi connectivity index (χ1v) is 3.79. The van der Waals surface area contributed by atoms with Gasteiger partial charge in [0.15, 0.2) is 0 Å². The summed E-state index contributed by atoms with van der Waals surface area (Å²) in [5.41, 5.74) is -2.39. The largest absolute Gasteiger partial charge is 0.455 e. The Hall–Kier alpha value is -1.99. The highest BCUT2D eigenvalue weighted by molar-refractivity contribution is 6.03. The zero-order valence-corrected chi connectivity index (χ0v) is 7.42. The maximum absolute atomic E-state index is 12.6. The number of halogens is 4. The second-order valence-corrected chi connectivity index (χ2v) is 2.75. The number of hydrogen-bond acceptors (Lipinski definition) is 3. The molecule has 0 atom stereocenters. The highest BCUT2D eigenvalue weighted by Crippen LogP contribution is 2.27. The summed E-state index contributed by atoms with van der Waals surface area (Å²) in [6, 6.07) is 1.24. The van der Waals surface area contributed by atoms with Gasteiger partial charge in [-0.3, -0.25) is 14.9 Å². The van der Waals surface area contributed by atoms with Crippen LogP contribution in [0.15, 0.2) is 18.2 Å². The zero-order valence-electron chi connectivity index (χ0n) is 7.42. The summed E-state index contributed by atoms with van der Waals surface area (Å²) in [6.45, 7) is 0. The van der Waals surface area contributed by atoms with Crippen molar-refractivity contribution >= 4 is 11.5 Å². The Kier molecular flexibility index (Phi) is 2.92. The van der Waals surface area contributed by atoms with Crippen LogP contribution in [0.1, 0.15) is 10.4 Å². The topological polar surface area (TPSA) is 60.2 Å². The zero-order chi connectivity index (χ0) is 12.5. The minimum absolute atomic E-state index is 0.263. The lowest BCUT2D eigenvalue weighted by atomic mass is 10.1. The number of benzene rings is 1. The van der Waals surface area contributed by atoms with Crippen molar-refractivity contribution in [2.75, 3.05) is 0 Å². The van der Waals surface area contributed by atoms with Crippen molar-refractivity contribution in [3.63, 3.8) is 0 Å². The van der Waals surface area contributed by atoms with Crippen molar-refractivity contribution < 1.29 is 27.3 Å². The molecule has 1 aromatic carbocycles. The molecule has 0 aliphatic heterocycles. The maximum Gasteiger partial charge on any atom is 0.455 e. The average molecular weight is 237 g/mol. The summed E-state index contributed by atoms with van der Waals surface area (Å²) in [5.74, 6) is -3.47. The molecule has 16 heavy (non-hydrogen) atoms. The Morgan fingerprint density at radius 1 is 1.31 bits per heavy atom. The summed E-state index contributed by atoms with van der Waals surface area (Å²) < 4.78 is 48.6. The first-order valence-electron chi connectivity index (χ1n) is 3.79. The second-order valence-electron chi connectivity index (χ2n) is 2.75. The standard InChI is InChI=1S/C8H3F4NO3/c9-4-1-2-5(6(3-4)13(15)16)7(14)8(10,11)12/h1-3H. The van der Waals surface area contributed by atoms with Crippen LogP contribution >= 0.6 is 0 Å². The van der Waals surface area contributed by atoms with Gasteiger partial charge in [-0.1, -0.05) is 0 Å². The number of Topliss-reactive ketones (excluding diaryl/α,β-unsaturated/α-hetero) is 1. The molecule has 0 radical (unpaired) electrons. The van der Waals surface area contributed by atoms with Crippen LogP contribution in [0.2, 0.25) is 0 Å². The Morgan fingerprint density at radius 3 is 2.31 bits per heavy atom. The van der Waals surface area contributed by atoms with Gasteiger partial charge in [0.2, 0.25) is 0 Å². The van der Waals surface area contributed by atoms with Gasteiger partial charge in [-0.05, 0) is 12.1 Å². The van der Waals surface area contributed by atoms with Crippen molar-refractivity contribution in [2.24, 2.45) is 0 Å². The second kappa shape index (κ2) is 3.87. The molecule has 0 bridgehead atoms. The highest BCUT2D eigenvalue weighted by atomic mass is 19.4. The van der Waals surface area contributed by atoms with Gasteiger partial charge in [-0.15, -0.1) is 0 Å². The third-order valence-corrected chi connectivity index (χ3v) is 1.66. The van der Waals surface area contributed by atoms with Crippen molar-refractivity contribution in [1.82, 2.24) is 0 Å². The smallest absolute Gasteiger partial charge is 0.284 e. The van der Waals surface area contributed by atoms with Crippen molar-refractivity contribution in [1.29, 1.82) is 0 Å². The lowest BCUT2D eigenvalue weighted by Gasteiger charge is -2.05. The van der Waals surface area contributed by atoms with Crippen LogP contribution in [-0.4, -0.2) is 16.9 Å². The van der Waals surface area contributed by atoms with E-state index < -0.39 is 34.0 Å². The summed E-state index contributed by atoms with van der Waals surface area (Å²) in [7, 11) is 0. The van der Waals surface area contributed by atoms with E-state index in [0.717, 1.165) is 0 Å².